The van der Waals surface area contributed by atoms with Crippen LogP contribution in [0.5, 0.6) is 0 Å². The van der Waals surface area contributed by atoms with Gasteiger partial charge in [0.1, 0.15) is 0 Å². The topological polar surface area (TPSA) is 66.6 Å². The Morgan fingerprint density at radius 3 is 2.88 bits per heavy atom. The molecular weight excluding hydrogens is 216 g/mol. The van der Waals surface area contributed by atoms with Gasteiger partial charge in [-0.2, -0.15) is 0 Å². The van der Waals surface area contributed by atoms with Gasteiger partial charge in [0.15, 0.2) is 0 Å². The Balaban J connectivity index is 2.36. The molecule has 1 heterocycles. The van der Waals surface area contributed by atoms with Gasteiger partial charge in [-0.3, -0.25) is 4.79 Å². The van der Waals surface area contributed by atoms with Crippen LogP contribution in [0.15, 0.2) is 18.2 Å². The highest BCUT2D eigenvalue weighted by atomic mass is 16.3. The average molecular weight is 234 g/mol. The third kappa shape index (κ3) is 2.06. The van der Waals surface area contributed by atoms with Gasteiger partial charge in [0.05, 0.1) is 6.42 Å². The number of hydrogen-bond donors (Lipinski definition) is 2. The molecule has 1 aromatic carbocycles. The van der Waals surface area contributed by atoms with E-state index in [1.54, 1.807) is 11.9 Å². The lowest BCUT2D eigenvalue weighted by Gasteiger charge is -2.25. The fourth-order valence-corrected chi connectivity index (χ4v) is 2.20. The first-order valence-corrected chi connectivity index (χ1v) is 5.75. The van der Waals surface area contributed by atoms with Crippen LogP contribution in [0, 0.1) is 0 Å². The van der Waals surface area contributed by atoms with Crippen molar-refractivity contribution in [3.8, 4) is 0 Å². The SMILES string of the molecule is CN1C(=O)Cc2cc(C(C)(N)CCO)ccc21. The number of anilines is 1. The summed E-state index contributed by atoms with van der Waals surface area (Å²) in [6.07, 6.45) is 0.949. The predicted molar refractivity (Wildman–Crippen MR) is 66.8 cm³/mol. The van der Waals surface area contributed by atoms with Crippen LogP contribution in [0.25, 0.3) is 0 Å². The Bertz CT molecular complexity index is 455. The lowest BCUT2D eigenvalue weighted by molar-refractivity contribution is -0.117. The van der Waals surface area contributed by atoms with Gasteiger partial charge in [0, 0.05) is 24.9 Å². The second-order valence-electron chi connectivity index (χ2n) is 4.86. The van der Waals surface area contributed by atoms with Gasteiger partial charge in [-0.05, 0) is 30.5 Å². The van der Waals surface area contributed by atoms with Gasteiger partial charge >= 0.3 is 0 Å². The van der Waals surface area contributed by atoms with Crippen LogP contribution in [-0.2, 0) is 16.8 Å². The molecule has 17 heavy (non-hydrogen) atoms. The minimum absolute atomic E-state index is 0.0585. The fraction of sp³-hybridized carbons (Fsp3) is 0.462. The van der Waals surface area contributed by atoms with E-state index in [1.807, 2.05) is 25.1 Å². The Labute approximate surface area is 101 Å². The van der Waals surface area contributed by atoms with Crippen LogP contribution in [0.2, 0.25) is 0 Å². The fourth-order valence-electron chi connectivity index (χ4n) is 2.20. The maximum absolute atomic E-state index is 11.6. The first-order valence-electron chi connectivity index (χ1n) is 5.75. The number of aliphatic hydroxyl groups is 1. The zero-order valence-corrected chi connectivity index (χ0v) is 10.2. The molecule has 0 bridgehead atoms. The van der Waals surface area contributed by atoms with Crippen LogP contribution in [0.4, 0.5) is 5.69 Å². The highest BCUT2D eigenvalue weighted by molar-refractivity contribution is 6.00. The summed E-state index contributed by atoms with van der Waals surface area (Å²) in [5.41, 5.74) is 8.55. The largest absolute Gasteiger partial charge is 0.396 e. The lowest BCUT2D eigenvalue weighted by Crippen LogP contribution is -2.34. The number of nitrogens with two attached hydrogens (primary N) is 1. The third-order valence-corrected chi connectivity index (χ3v) is 3.45. The highest BCUT2D eigenvalue weighted by Gasteiger charge is 2.27. The molecule has 0 radical (unpaired) electrons. The average Bonchev–Trinajstić information content (AvgIpc) is 2.54. The number of benzene rings is 1. The van der Waals surface area contributed by atoms with Crippen LogP contribution in [0.1, 0.15) is 24.5 Å². The number of likely N-dealkylation sites (N-methyl/N-ethyl adjacent to an activating group) is 1. The van der Waals surface area contributed by atoms with Crippen LogP contribution in [-0.4, -0.2) is 24.7 Å². The molecule has 4 nitrogen and oxygen atoms in total. The minimum Gasteiger partial charge on any atom is -0.396 e. The highest BCUT2D eigenvalue weighted by Crippen LogP contribution is 2.32. The minimum atomic E-state index is -0.548. The molecule has 4 heteroatoms. The molecule has 0 saturated carbocycles. The first-order chi connectivity index (χ1) is 7.95. The summed E-state index contributed by atoms with van der Waals surface area (Å²) >= 11 is 0. The summed E-state index contributed by atoms with van der Waals surface area (Å²) in [6, 6.07) is 5.84. The lowest BCUT2D eigenvalue weighted by atomic mass is 9.88. The Morgan fingerprint density at radius 1 is 1.53 bits per heavy atom. The quantitative estimate of drug-likeness (QED) is 0.811. The number of hydrogen-bond acceptors (Lipinski definition) is 3. The molecule has 0 spiro atoms. The maximum Gasteiger partial charge on any atom is 0.231 e. The van der Waals surface area contributed by atoms with Crippen LogP contribution in [0.3, 0.4) is 0 Å². The summed E-state index contributed by atoms with van der Waals surface area (Å²) in [6.45, 7) is 1.95. The molecule has 0 fully saturated rings. The number of nitrogens with zero attached hydrogens (tertiary/aromatic N) is 1. The van der Waals surface area contributed by atoms with E-state index in [1.165, 1.54) is 0 Å². The van der Waals surface area contributed by atoms with Crippen molar-refractivity contribution in [1.29, 1.82) is 0 Å². The van der Waals surface area contributed by atoms with E-state index in [-0.39, 0.29) is 12.5 Å². The van der Waals surface area contributed by atoms with E-state index in [0.29, 0.717) is 12.8 Å². The molecule has 1 aliphatic heterocycles. The summed E-state index contributed by atoms with van der Waals surface area (Å²) < 4.78 is 0. The zero-order chi connectivity index (χ0) is 12.6. The van der Waals surface area contributed by atoms with Gasteiger partial charge in [-0.15, -0.1) is 0 Å². The van der Waals surface area contributed by atoms with Crippen molar-refractivity contribution >= 4 is 11.6 Å². The molecular formula is C13H18N2O2. The molecule has 0 saturated heterocycles. The number of carbonyl (C=O) groups excluding carboxylic acids is 1. The second kappa shape index (κ2) is 4.13. The van der Waals surface area contributed by atoms with E-state index in [9.17, 15) is 4.79 Å². The molecule has 1 unspecified atom stereocenters. The number of fused-ring (bicyclic) bond motifs is 1. The summed E-state index contributed by atoms with van der Waals surface area (Å²) in [5, 5.41) is 9.00. The van der Waals surface area contributed by atoms with Crippen molar-refractivity contribution in [2.75, 3.05) is 18.6 Å². The first kappa shape index (κ1) is 12.1. The molecule has 0 aliphatic carbocycles. The van der Waals surface area contributed by atoms with Crippen LogP contribution < -0.4 is 10.6 Å². The number of rotatable bonds is 3. The van der Waals surface area contributed by atoms with Crippen molar-refractivity contribution in [3.63, 3.8) is 0 Å². The van der Waals surface area contributed by atoms with E-state index in [4.69, 9.17) is 10.8 Å². The summed E-state index contributed by atoms with van der Waals surface area (Å²) in [5.74, 6) is 0.109. The van der Waals surface area contributed by atoms with Gasteiger partial charge < -0.3 is 15.7 Å². The number of aliphatic hydroxyl groups excluding tert-OH is 1. The second-order valence-corrected chi connectivity index (χ2v) is 4.86. The van der Waals surface area contributed by atoms with Crippen molar-refractivity contribution in [1.82, 2.24) is 0 Å². The van der Waals surface area contributed by atoms with Crippen molar-refractivity contribution in [2.24, 2.45) is 5.73 Å². The van der Waals surface area contributed by atoms with Crippen molar-refractivity contribution < 1.29 is 9.90 Å². The standard InChI is InChI=1S/C13H18N2O2/c1-13(14,5-6-16)10-3-4-11-9(7-10)8-12(17)15(11)2/h3-4,7,16H,5-6,8,14H2,1-2H3. The Morgan fingerprint density at radius 2 is 2.24 bits per heavy atom. The predicted octanol–water partition coefficient (Wildman–Crippen LogP) is 0.762. The molecule has 92 valence electrons. The Hall–Kier alpha value is -1.39. The van der Waals surface area contributed by atoms with Crippen LogP contribution >= 0.6 is 0 Å². The molecule has 3 N–H and O–H groups in total. The van der Waals surface area contributed by atoms with Gasteiger partial charge in [-0.1, -0.05) is 12.1 Å². The van der Waals surface area contributed by atoms with E-state index in [2.05, 4.69) is 0 Å². The number of carbonyl (C=O) groups is 1. The number of amides is 1. The smallest absolute Gasteiger partial charge is 0.231 e. The van der Waals surface area contributed by atoms with Crippen molar-refractivity contribution in [3.05, 3.63) is 29.3 Å². The molecule has 1 atom stereocenters. The summed E-state index contributed by atoms with van der Waals surface area (Å²) in [7, 11) is 1.78. The van der Waals surface area contributed by atoms with Gasteiger partial charge in [-0.25, -0.2) is 0 Å². The normalized spacial score (nSPS) is 18.1. The third-order valence-electron chi connectivity index (χ3n) is 3.45. The van der Waals surface area contributed by atoms with Gasteiger partial charge in [0.2, 0.25) is 5.91 Å². The molecule has 0 aromatic heterocycles. The van der Waals surface area contributed by atoms with E-state index in [0.717, 1.165) is 16.8 Å². The maximum atomic E-state index is 11.6. The van der Waals surface area contributed by atoms with Crippen molar-refractivity contribution in [2.45, 2.75) is 25.3 Å². The Kier molecular flexibility index (Phi) is 2.93. The van der Waals surface area contributed by atoms with E-state index < -0.39 is 5.54 Å². The zero-order valence-electron chi connectivity index (χ0n) is 10.2. The molecule has 2 rings (SSSR count). The monoisotopic (exact) mass is 234 g/mol. The molecule has 1 aliphatic rings. The molecule has 1 aromatic rings. The molecule has 1 amide bonds. The van der Waals surface area contributed by atoms with E-state index >= 15 is 0 Å². The summed E-state index contributed by atoms with van der Waals surface area (Å²) in [4.78, 5) is 13.2. The van der Waals surface area contributed by atoms with Gasteiger partial charge in [0.25, 0.3) is 0 Å².